The summed E-state index contributed by atoms with van der Waals surface area (Å²) in [6.45, 7) is 4.31. The Balaban J connectivity index is 2.35. The number of hydrogen-bond acceptors (Lipinski definition) is 1. The lowest BCUT2D eigenvalue weighted by Crippen LogP contribution is -1.91. The third kappa shape index (κ3) is 6.27. The molecular weight excluding hydrogens is 244 g/mol. The van der Waals surface area contributed by atoms with Gasteiger partial charge in [0.2, 0.25) is 0 Å². The second-order valence-electron chi connectivity index (χ2n) is 5.45. The summed E-state index contributed by atoms with van der Waals surface area (Å²) in [7, 11) is 1.73. The number of hydrogen-bond donors (Lipinski definition) is 0. The van der Waals surface area contributed by atoms with Gasteiger partial charge >= 0.3 is 0 Å². The lowest BCUT2D eigenvalue weighted by Gasteiger charge is -2.08. The van der Waals surface area contributed by atoms with Gasteiger partial charge in [0.1, 0.15) is 5.75 Å². The zero-order chi connectivity index (χ0) is 14.6. The maximum Gasteiger partial charge on any atom is 0.126 e. The van der Waals surface area contributed by atoms with Crippen molar-refractivity contribution in [1.82, 2.24) is 0 Å². The van der Waals surface area contributed by atoms with Gasteiger partial charge in [-0.3, -0.25) is 0 Å². The molecule has 0 atom stereocenters. The summed E-state index contributed by atoms with van der Waals surface area (Å²) in [4.78, 5) is 0. The van der Waals surface area contributed by atoms with E-state index in [9.17, 15) is 0 Å². The molecule has 0 unspecified atom stereocenters. The van der Waals surface area contributed by atoms with Crippen LogP contribution in [0.2, 0.25) is 0 Å². The van der Waals surface area contributed by atoms with Crippen molar-refractivity contribution in [1.29, 1.82) is 0 Å². The van der Waals surface area contributed by atoms with E-state index in [4.69, 9.17) is 4.74 Å². The number of unbranched alkanes of at least 4 members (excludes halogenated alkanes) is 6. The first-order valence-electron chi connectivity index (χ1n) is 8.11. The predicted molar refractivity (Wildman–Crippen MR) is 89.4 cm³/mol. The van der Waals surface area contributed by atoms with Crippen molar-refractivity contribution in [3.63, 3.8) is 0 Å². The zero-order valence-electron chi connectivity index (χ0n) is 13.5. The topological polar surface area (TPSA) is 9.23 Å². The van der Waals surface area contributed by atoms with Crippen molar-refractivity contribution in [2.45, 2.75) is 65.2 Å². The van der Waals surface area contributed by atoms with Gasteiger partial charge in [0, 0.05) is 5.56 Å². The van der Waals surface area contributed by atoms with Gasteiger partial charge in [-0.05, 0) is 37.5 Å². The van der Waals surface area contributed by atoms with Crippen LogP contribution in [0.5, 0.6) is 5.75 Å². The highest BCUT2D eigenvalue weighted by atomic mass is 16.5. The molecule has 112 valence electrons. The molecule has 0 aliphatic rings. The van der Waals surface area contributed by atoms with Crippen LogP contribution in [0, 0.1) is 0 Å². The Morgan fingerprint density at radius 3 is 2.35 bits per heavy atom. The smallest absolute Gasteiger partial charge is 0.126 e. The molecule has 0 radical (unpaired) electrons. The molecule has 0 aromatic heterocycles. The van der Waals surface area contributed by atoms with E-state index in [1.54, 1.807) is 7.11 Å². The average molecular weight is 274 g/mol. The molecule has 0 fully saturated rings. The standard InChI is InChI=1S/C19H30O/c1-4-6-7-8-9-10-11-13-17-14-15-19(20-3)18(16-17)12-5-2/h5,12,14-16H,4,6-11,13H2,1-3H3. The van der Waals surface area contributed by atoms with E-state index in [-0.39, 0.29) is 0 Å². The molecule has 0 saturated carbocycles. The van der Waals surface area contributed by atoms with E-state index < -0.39 is 0 Å². The molecule has 1 nitrogen and oxygen atoms in total. The minimum Gasteiger partial charge on any atom is -0.496 e. The van der Waals surface area contributed by atoms with E-state index in [2.05, 4.69) is 37.3 Å². The fourth-order valence-corrected chi connectivity index (χ4v) is 2.54. The Bertz CT molecular complexity index is 393. The van der Waals surface area contributed by atoms with Crippen molar-refractivity contribution in [2.75, 3.05) is 7.11 Å². The highest BCUT2D eigenvalue weighted by Gasteiger charge is 2.01. The summed E-state index contributed by atoms with van der Waals surface area (Å²) in [5.41, 5.74) is 2.61. The Hall–Kier alpha value is -1.24. The van der Waals surface area contributed by atoms with E-state index in [0.29, 0.717) is 0 Å². The van der Waals surface area contributed by atoms with Gasteiger partial charge in [-0.1, -0.05) is 63.7 Å². The molecule has 1 rings (SSSR count). The first-order valence-corrected chi connectivity index (χ1v) is 8.11. The molecule has 1 aromatic carbocycles. The van der Waals surface area contributed by atoms with Crippen molar-refractivity contribution in [3.8, 4) is 5.75 Å². The van der Waals surface area contributed by atoms with Crippen LogP contribution >= 0.6 is 0 Å². The van der Waals surface area contributed by atoms with Crippen LogP contribution in [0.4, 0.5) is 0 Å². The minimum absolute atomic E-state index is 0.964. The van der Waals surface area contributed by atoms with Crippen molar-refractivity contribution >= 4 is 6.08 Å². The van der Waals surface area contributed by atoms with Crippen molar-refractivity contribution in [2.24, 2.45) is 0 Å². The van der Waals surface area contributed by atoms with E-state index in [1.165, 1.54) is 62.5 Å². The quantitative estimate of drug-likeness (QED) is 0.474. The third-order valence-corrected chi connectivity index (χ3v) is 3.71. The molecule has 0 bridgehead atoms. The number of methoxy groups -OCH3 is 1. The second-order valence-corrected chi connectivity index (χ2v) is 5.45. The van der Waals surface area contributed by atoms with Crippen molar-refractivity contribution < 1.29 is 4.74 Å². The molecular formula is C19H30O. The number of aryl methyl sites for hydroxylation is 1. The maximum absolute atomic E-state index is 5.38. The Kier molecular flexibility index (Phi) is 8.86. The van der Waals surface area contributed by atoms with Crippen LogP contribution in [0.15, 0.2) is 24.3 Å². The van der Waals surface area contributed by atoms with Gasteiger partial charge in [0.05, 0.1) is 7.11 Å². The number of rotatable bonds is 10. The second kappa shape index (κ2) is 10.5. The van der Waals surface area contributed by atoms with Gasteiger partial charge < -0.3 is 4.74 Å². The molecule has 0 N–H and O–H groups in total. The summed E-state index contributed by atoms with van der Waals surface area (Å²) in [5, 5.41) is 0. The highest BCUT2D eigenvalue weighted by Crippen LogP contribution is 2.22. The van der Waals surface area contributed by atoms with Gasteiger partial charge in [-0.2, -0.15) is 0 Å². The number of benzene rings is 1. The van der Waals surface area contributed by atoms with Gasteiger partial charge in [0.15, 0.2) is 0 Å². The molecule has 0 saturated heterocycles. The Labute approximate surface area is 125 Å². The SMILES string of the molecule is CC=Cc1cc(CCCCCCCCC)ccc1OC. The Morgan fingerprint density at radius 2 is 1.70 bits per heavy atom. The summed E-state index contributed by atoms with van der Waals surface area (Å²) in [6.07, 6.45) is 14.9. The summed E-state index contributed by atoms with van der Waals surface area (Å²) >= 11 is 0. The number of allylic oxidation sites excluding steroid dienone is 1. The summed E-state index contributed by atoms with van der Waals surface area (Å²) < 4.78 is 5.38. The molecule has 1 heteroatoms. The van der Waals surface area contributed by atoms with Gasteiger partial charge in [0.25, 0.3) is 0 Å². The van der Waals surface area contributed by atoms with E-state index in [1.807, 2.05) is 6.92 Å². The molecule has 0 aliphatic carbocycles. The van der Waals surface area contributed by atoms with E-state index in [0.717, 1.165) is 5.75 Å². The van der Waals surface area contributed by atoms with Gasteiger partial charge in [-0.25, -0.2) is 0 Å². The largest absolute Gasteiger partial charge is 0.496 e. The van der Waals surface area contributed by atoms with Crippen LogP contribution in [0.3, 0.4) is 0 Å². The summed E-state index contributed by atoms with van der Waals surface area (Å²) in [6, 6.07) is 6.55. The lowest BCUT2D eigenvalue weighted by molar-refractivity contribution is 0.413. The van der Waals surface area contributed by atoms with E-state index >= 15 is 0 Å². The monoisotopic (exact) mass is 274 g/mol. The highest BCUT2D eigenvalue weighted by molar-refractivity contribution is 5.58. The maximum atomic E-state index is 5.38. The minimum atomic E-state index is 0.964. The lowest BCUT2D eigenvalue weighted by atomic mass is 10.0. The van der Waals surface area contributed by atoms with Crippen LogP contribution < -0.4 is 4.74 Å². The zero-order valence-corrected chi connectivity index (χ0v) is 13.5. The average Bonchev–Trinajstić information content (AvgIpc) is 2.47. The van der Waals surface area contributed by atoms with Crippen LogP contribution in [0.1, 0.15) is 69.9 Å². The fraction of sp³-hybridized carbons (Fsp3) is 0.579. The molecule has 0 spiro atoms. The Morgan fingerprint density at radius 1 is 1.00 bits per heavy atom. The fourth-order valence-electron chi connectivity index (χ4n) is 2.54. The molecule has 0 heterocycles. The van der Waals surface area contributed by atoms with Crippen LogP contribution in [-0.4, -0.2) is 7.11 Å². The number of ether oxygens (including phenoxy) is 1. The van der Waals surface area contributed by atoms with Crippen molar-refractivity contribution in [3.05, 3.63) is 35.4 Å². The van der Waals surface area contributed by atoms with Gasteiger partial charge in [-0.15, -0.1) is 0 Å². The third-order valence-electron chi connectivity index (χ3n) is 3.71. The molecule has 20 heavy (non-hydrogen) atoms. The molecule has 0 aliphatic heterocycles. The molecule has 0 amide bonds. The summed E-state index contributed by atoms with van der Waals surface area (Å²) in [5.74, 6) is 0.964. The molecule has 1 aromatic rings. The van der Waals surface area contributed by atoms with Crippen LogP contribution in [-0.2, 0) is 6.42 Å². The first kappa shape index (κ1) is 16.8. The normalized spacial score (nSPS) is 11.2. The first-order chi connectivity index (χ1) is 9.81. The van der Waals surface area contributed by atoms with Crippen LogP contribution in [0.25, 0.3) is 6.08 Å². The predicted octanol–water partition coefficient (Wildman–Crippen LogP) is 6.02.